The van der Waals surface area contributed by atoms with Crippen molar-refractivity contribution in [2.75, 3.05) is 25.1 Å². The van der Waals surface area contributed by atoms with Crippen LogP contribution >= 0.6 is 0 Å². The average molecular weight is 320 g/mol. The van der Waals surface area contributed by atoms with Crippen molar-refractivity contribution in [2.24, 2.45) is 0 Å². The third kappa shape index (κ3) is 2.89. The molecule has 3 fully saturated rings. The molecular weight excluding hydrogens is 299 g/mol. The molecule has 1 N–H and O–H groups in total. The van der Waals surface area contributed by atoms with Crippen LogP contribution in [0.5, 0.6) is 0 Å². The molecule has 124 valence electrons. The van der Waals surface area contributed by atoms with Crippen LogP contribution in [0.25, 0.3) is 0 Å². The van der Waals surface area contributed by atoms with E-state index in [0.29, 0.717) is 44.5 Å². The van der Waals surface area contributed by atoms with Crippen molar-refractivity contribution in [1.29, 1.82) is 0 Å². The third-order valence-corrected chi connectivity index (χ3v) is 4.89. The molecule has 1 aromatic rings. The molecule has 1 saturated heterocycles. The minimum atomic E-state index is -1.67. The molecule has 1 aliphatic heterocycles. The molecule has 0 bridgehead atoms. The number of alkyl halides is 1. The zero-order valence-electron chi connectivity index (χ0n) is 13.0. The summed E-state index contributed by atoms with van der Waals surface area (Å²) in [5, 5.41) is 3.38. The van der Waals surface area contributed by atoms with Crippen molar-refractivity contribution in [3.8, 4) is 0 Å². The Bertz CT molecular complexity index is 603. The lowest BCUT2D eigenvalue weighted by Crippen LogP contribution is -2.48. The first-order valence-electron chi connectivity index (χ1n) is 8.33. The molecule has 0 radical (unpaired) electrons. The van der Waals surface area contributed by atoms with Crippen molar-refractivity contribution >= 4 is 11.7 Å². The van der Waals surface area contributed by atoms with Crippen LogP contribution in [0, 0.1) is 0 Å². The molecule has 1 unspecified atom stereocenters. The van der Waals surface area contributed by atoms with Crippen LogP contribution in [-0.2, 0) is 9.53 Å². The second-order valence-corrected chi connectivity index (χ2v) is 6.63. The second-order valence-electron chi connectivity index (χ2n) is 6.63. The van der Waals surface area contributed by atoms with Crippen LogP contribution in [0.3, 0.4) is 0 Å². The standard InChI is InChI=1S/C16H21FN4O2/c17-16(5-6-16)15(22)21-8-9-23-10-12(21)14-18-7-4-13(20-14)19-11-2-1-3-11/h4,7,11-12H,1-3,5-6,8-10H2,(H,18,19,20). The zero-order chi connectivity index (χ0) is 15.9. The fourth-order valence-electron chi connectivity index (χ4n) is 3.02. The molecule has 3 aliphatic rings. The van der Waals surface area contributed by atoms with Crippen LogP contribution in [-0.4, -0.2) is 52.2 Å². The van der Waals surface area contributed by atoms with Crippen molar-refractivity contribution in [2.45, 2.75) is 49.9 Å². The first-order valence-corrected chi connectivity index (χ1v) is 8.33. The quantitative estimate of drug-likeness (QED) is 0.917. The number of nitrogens with one attached hydrogen (secondary N) is 1. The Kier molecular flexibility index (Phi) is 3.67. The van der Waals surface area contributed by atoms with Crippen molar-refractivity contribution in [3.63, 3.8) is 0 Å². The van der Waals surface area contributed by atoms with E-state index in [0.717, 1.165) is 18.7 Å². The highest BCUT2D eigenvalue weighted by Gasteiger charge is 2.54. The fraction of sp³-hybridized carbons (Fsp3) is 0.688. The largest absolute Gasteiger partial charge is 0.377 e. The minimum Gasteiger partial charge on any atom is -0.377 e. The Morgan fingerprint density at radius 2 is 2.26 bits per heavy atom. The number of morpholine rings is 1. The van der Waals surface area contributed by atoms with Crippen molar-refractivity contribution in [3.05, 3.63) is 18.1 Å². The molecule has 7 heteroatoms. The van der Waals surface area contributed by atoms with Gasteiger partial charge < -0.3 is 15.0 Å². The van der Waals surface area contributed by atoms with E-state index in [2.05, 4.69) is 15.3 Å². The summed E-state index contributed by atoms with van der Waals surface area (Å²) < 4.78 is 19.7. The predicted octanol–water partition coefficient (Wildman–Crippen LogP) is 1.84. The summed E-state index contributed by atoms with van der Waals surface area (Å²) in [5.74, 6) is 0.845. The van der Waals surface area contributed by atoms with Crippen LogP contribution in [0.2, 0.25) is 0 Å². The normalized spacial score (nSPS) is 26.5. The van der Waals surface area contributed by atoms with Crippen molar-refractivity contribution in [1.82, 2.24) is 14.9 Å². The Morgan fingerprint density at radius 1 is 1.43 bits per heavy atom. The van der Waals surface area contributed by atoms with Gasteiger partial charge in [0.25, 0.3) is 5.91 Å². The van der Waals surface area contributed by atoms with Crippen LogP contribution < -0.4 is 5.32 Å². The summed E-state index contributed by atoms with van der Waals surface area (Å²) >= 11 is 0. The number of nitrogens with zero attached hydrogens (tertiary/aromatic N) is 3. The molecule has 0 spiro atoms. The summed E-state index contributed by atoms with van der Waals surface area (Å²) in [6.45, 7) is 1.13. The fourth-order valence-corrected chi connectivity index (χ4v) is 3.02. The van der Waals surface area contributed by atoms with Gasteiger partial charge in [-0.15, -0.1) is 0 Å². The van der Waals surface area contributed by atoms with Crippen molar-refractivity contribution < 1.29 is 13.9 Å². The van der Waals surface area contributed by atoms with Gasteiger partial charge in [-0.1, -0.05) is 0 Å². The number of halogens is 1. The maximum atomic E-state index is 14.2. The van der Waals surface area contributed by atoms with Gasteiger partial charge in [-0.25, -0.2) is 14.4 Å². The number of carbonyl (C=O) groups is 1. The molecule has 1 aromatic heterocycles. The SMILES string of the molecule is O=C(N1CCOCC1c1nccc(NC2CCC2)n1)C1(F)CC1. The summed E-state index contributed by atoms with van der Waals surface area (Å²) in [6.07, 6.45) is 5.87. The summed E-state index contributed by atoms with van der Waals surface area (Å²) in [4.78, 5) is 22.8. The number of amides is 1. The smallest absolute Gasteiger partial charge is 0.261 e. The van der Waals surface area contributed by atoms with Gasteiger partial charge in [-0.2, -0.15) is 0 Å². The molecule has 2 aliphatic carbocycles. The minimum absolute atomic E-state index is 0.314. The number of carbonyl (C=O) groups excluding carboxylic acids is 1. The highest BCUT2D eigenvalue weighted by Crippen LogP contribution is 2.43. The van der Waals surface area contributed by atoms with Crippen LogP contribution in [0.4, 0.5) is 10.2 Å². The highest BCUT2D eigenvalue weighted by atomic mass is 19.1. The lowest BCUT2D eigenvalue weighted by molar-refractivity contribution is -0.147. The van der Waals surface area contributed by atoms with Gasteiger partial charge in [0.05, 0.1) is 13.2 Å². The molecule has 1 atom stereocenters. The monoisotopic (exact) mass is 320 g/mol. The number of hydrogen-bond donors (Lipinski definition) is 1. The lowest BCUT2D eigenvalue weighted by Gasteiger charge is -2.35. The van der Waals surface area contributed by atoms with E-state index in [1.807, 2.05) is 6.07 Å². The topological polar surface area (TPSA) is 67.4 Å². The van der Waals surface area contributed by atoms with Gasteiger partial charge in [-0.05, 0) is 38.2 Å². The van der Waals surface area contributed by atoms with Crippen LogP contribution in [0.1, 0.15) is 44.0 Å². The number of rotatable bonds is 4. The van der Waals surface area contributed by atoms with E-state index in [1.54, 1.807) is 11.1 Å². The van der Waals surface area contributed by atoms with Gasteiger partial charge in [-0.3, -0.25) is 4.79 Å². The highest BCUT2D eigenvalue weighted by molar-refractivity contribution is 5.88. The van der Waals surface area contributed by atoms with E-state index in [9.17, 15) is 9.18 Å². The van der Waals surface area contributed by atoms with E-state index in [4.69, 9.17) is 4.74 Å². The summed E-state index contributed by atoms with van der Waals surface area (Å²) in [6, 6.07) is 1.89. The molecular formula is C16H21FN4O2. The summed E-state index contributed by atoms with van der Waals surface area (Å²) in [5.41, 5.74) is -1.67. The van der Waals surface area contributed by atoms with Gasteiger partial charge in [0.1, 0.15) is 11.9 Å². The molecule has 23 heavy (non-hydrogen) atoms. The van der Waals surface area contributed by atoms with Gasteiger partial charge in [0.2, 0.25) is 0 Å². The number of ether oxygens (including phenoxy) is 1. The molecule has 2 saturated carbocycles. The molecule has 2 heterocycles. The first kappa shape index (κ1) is 14.8. The van der Waals surface area contributed by atoms with Gasteiger partial charge in [0.15, 0.2) is 11.5 Å². The Morgan fingerprint density at radius 3 is 2.96 bits per heavy atom. The average Bonchev–Trinajstić information content (AvgIpc) is 3.29. The Balaban J connectivity index is 1.54. The number of anilines is 1. The molecule has 0 aromatic carbocycles. The molecule has 6 nitrogen and oxygen atoms in total. The Hall–Kier alpha value is -1.76. The maximum absolute atomic E-state index is 14.2. The van der Waals surface area contributed by atoms with E-state index in [1.165, 1.54) is 6.42 Å². The molecule has 4 rings (SSSR count). The third-order valence-electron chi connectivity index (χ3n) is 4.89. The van der Waals surface area contributed by atoms with Gasteiger partial charge >= 0.3 is 0 Å². The summed E-state index contributed by atoms with van der Waals surface area (Å²) in [7, 11) is 0. The first-order chi connectivity index (χ1) is 11.2. The lowest BCUT2D eigenvalue weighted by atomic mass is 9.93. The van der Waals surface area contributed by atoms with E-state index in [-0.39, 0.29) is 0 Å². The zero-order valence-corrected chi connectivity index (χ0v) is 13.0. The van der Waals surface area contributed by atoms with E-state index >= 15 is 0 Å². The van der Waals surface area contributed by atoms with Gasteiger partial charge in [0, 0.05) is 18.8 Å². The molecule has 1 amide bonds. The van der Waals surface area contributed by atoms with E-state index < -0.39 is 17.6 Å². The predicted molar refractivity (Wildman–Crippen MR) is 81.6 cm³/mol. The Labute approximate surface area is 134 Å². The second kappa shape index (κ2) is 5.70. The number of aromatic nitrogens is 2. The maximum Gasteiger partial charge on any atom is 0.261 e. The van der Waals surface area contributed by atoms with Crippen LogP contribution in [0.15, 0.2) is 12.3 Å². The number of hydrogen-bond acceptors (Lipinski definition) is 5.